The van der Waals surface area contributed by atoms with Crippen LogP contribution in [0.2, 0.25) is 0 Å². The van der Waals surface area contributed by atoms with Crippen LogP contribution in [-0.4, -0.2) is 29.4 Å². The van der Waals surface area contributed by atoms with E-state index in [4.69, 9.17) is 5.41 Å². The third-order valence-corrected chi connectivity index (χ3v) is 4.39. The van der Waals surface area contributed by atoms with Crippen LogP contribution in [0.15, 0.2) is 0 Å². The van der Waals surface area contributed by atoms with E-state index in [9.17, 15) is 4.79 Å². The Balaban J connectivity index is 2.39. The molecule has 2 rings (SSSR count). The first-order valence-electron chi connectivity index (χ1n) is 5.64. The fourth-order valence-electron chi connectivity index (χ4n) is 3.12. The van der Waals surface area contributed by atoms with Crippen molar-refractivity contribution < 1.29 is 4.79 Å². The SMILES string of the molecule is CC1CCCC2(C(=N)NC(=O)N2C)C1C. The molecular weight excluding hydrogens is 190 g/mol. The summed E-state index contributed by atoms with van der Waals surface area (Å²) in [6.07, 6.45) is 3.23. The Hall–Kier alpha value is -1.06. The lowest BCUT2D eigenvalue weighted by Gasteiger charge is -2.46. The predicted molar refractivity (Wildman–Crippen MR) is 58.9 cm³/mol. The summed E-state index contributed by atoms with van der Waals surface area (Å²) in [6, 6.07) is -0.124. The number of hydrogen-bond acceptors (Lipinski definition) is 2. The molecule has 0 aromatic rings. The molecule has 1 aliphatic carbocycles. The zero-order valence-corrected chi connectivity index (χ0v) is 9.63. The molecule has 1 saturated carbocycles. The van der Waals surface area contributed by atoms with Crippen LogP contribution in [0, 0.1) is 17.2 Å². The first-order valence-corrected chi connectivity index (χ1v) is 5.64. The molecule has 0 aromatic heterocycles. The second-order valence-corrected chi connectivity index (χ2v) is 4.95. The number of rotatable bonds is 0. The van der Waals surface area contributed by atoms with Gasteiger partial charge in [0, 0.05) is 7.05 Å². The van der Waals surface area contributed by atoms with Gasteiger partial charge >= 0.3 is 6.03 Å². The minimum atomic E-state index is -0.352. The molecule has 15 heavy (non-hydrogen) atoms. The van der Waals surface area contributed by atoms with Gasteiger partial charge in [-0.3, -0.25) is 10.7 Å². The Morgan fingerprint density at radius 2 is 2.20 bits per heavy atom. The number of carbonyl (C=O) groups is 1. The average Bonchev–Trinajstić information content (AvgIpc) is 2.39. The van der Waals surface area contributed by atoms with Gasteiger partial charge in [-0.05, 0) is 18.3 Å². The van der Waals surface area contributed by atoms with Gasteiger partial charge in [0.1, 0.15) is 11.4 Å². The number of hydrogen-bond donors (Lipinski definition) is 2. The molecule has 1 spiro atoms. The summed E-state index contributed by atoms with van der Waals surface area (Å²) in [4.78, 5) is 13.3. The second-order valence-electron chi connectivity index (χ2n) is 4.95. The van der Waals surface area contributed by atoms with E-state index in [1.807, 2.05) is 7.05 Å². The molecule has 2 N–H and O–H groups in total. The summed E-state index contributed by atoms with van der Waals surface area (Å²) >= 11 is 0. The summed E-state index contributed by atoms with van der Waals surface area (Å²) in [5, 5.41) is 10.6. The van der Waals surface area contributed by atoms with Crippen molar-refractivity contribution in [1.82, 2.24) is 10.2 Å². The van der Waals surface area contributed by atoms with E-state index >= 15 is 0 Å². The Morgan fingerprint density at radius 3 is 2.73 bits per heavy atom. The van der Waals surface area contributed by atoms with Crippen molar-refractivity contribution in [1.29, 1.82) is 5.41 Å². The molecule has 3 unspecified atom stereocenters. The smallest absolute Gasteiger partial charge is 0.314 e. The number of amidine groups is 1. The molecule has 1 aliphatic heterocycles. The van der Waals surface area contributed by atoms with E-state index in [-0.39, 0.29) is 11.6 Å². The predicted octanol–water partition coefficient (Wildman–Crippen LogP) is 1.81. The summed E-state index contributed by atoms with van der Waals surface area (Å²) in [5.74, 6) is 1.34. The van der Waals surface area contributed by atoms with Gasteiger partial charge in [-0.2, -0.15) is 0 Å². The Bertz CT molecular complexity index is 315. The molecule has 3 atom stereocenters. The normalized spacial score (nSPS) is 41.1. The van der Waals surface area contributed by atoms with Crippen molar-refractivity contribution >= 4 is 11.9 Å². The zero-order valence-electron chi connectivity index (χ0n) is 9.63. The van der Waals surface area contributed by atoms with Crippen LogP contribution in [0.1, 0.15) is 33.1 Å². The molecule has 0 aromatic carbocycles. The van der Waals surface area contributed by atoms with E-state index in [0.29, 0.717) is 17.7 Å². The maximum atomic E-state index is 11.6. The molecule has 1 heterocycles. The highest BCUT2D eigenvalue weighted by molar-refractivity contribution is 6.08. The molecule has 4 heteroatoms. The lowest BCUT2D eigenvalue weighted by molar-refractivity contribution is 0.0909. The quantitative estimate of drug-likeness (QED) is 0.628. The Kier molecular flexibility index (Phi) is 2.24. The van der Waals surface area contributed by atoms with Crippen molar-refractivity contribution in [3.8, 4) is 0 Å². The number of nitrogens with zero attached hydrogens (tertiary/aromatic N) is 1. The standard InChI is InChI=1S/C11H19N3O/c1-7-5-4-6-11(8(7)2)9(12)13-10(15)14(11)3/h7-8H,4-6H2,1-3H3,(H2,12,13,15). The van der Waals surface area contributed by atoms with Crippen molar-refractivity contribution in [3.63, 3.8) is 0 Å². The molecule has 4 nitrogen and oxygen atoms in total. The minimum absolute atomic E-state index is 0.124. The van der Waals surface area contributed by atoms with Gasteiger partial charge in [-0.25, -0.2) is 4.79 Å². The highest BCUT2D eigenvalue weighted by atomic mass is 16.2. The van der Waals surface area contributed by atoms with E-state index in [1.165, 1.54) is 6.42 Å². The van der Waals surface area contributed by atoms with Crippen molar-refractivity contribution in [2.45, 2.75) is 38.6 Å². The van der Waals surface area contributed by atoms with E-state index in [0.717, 1.165) is 12.8 Å². The molecule has 0 radical (unpaired) electrons. The molecule has 0 bridgehead atoms. The largest absolute Gasteiger partial charge is 0.323 e. The molecule has 1 saturated heterocycles. The molecule has 2 amide bonds. The monoisotopic (exact) mass is 209 g/mol. The zero-order chi connectivity index (χ0) is 11.2. The molecule has 2 fully saturated rings. The number of nitrogens with one attached hydrogen (secondary N) is 2. The summed E-state index contributed by atoms with van der Waals surface area (Å²) in [5.41, 5.74) is -0.352. The Labute approximate surface area is 90.5 Å². The summed E-state index contributed by atoms with van der Waals surface area (Å²) in [7, 11) is 1.81. The van der Waals surface area contributed by atoms with Crippen LogP contribution in [0.4, 0.5) is 4.79 Å². The van der Waals surface area contributed by atoms with Crippen LogP contribution in [0.5, 0.6) is 0 Å². The van der Waals surface area contributed by atoms with Gasteiger partial charge < -0.3 is 4.90 Å². The molecule has 84 valence electrons. The van der Waals surface area contributed by atoms with Crippen LogP contribution < -0.4 is 5.32 Å². The number of carbonyl (C=O) groups excluding carboxylic acids is 1. The summed E-state index contributed by atoms with van der Waals surface area (Å²) < 4.78 is 0. The van der Waals surface area contributed by atoms with Crippen LogP contribution in [0.3, 0.4) is 0 Å². The van der Waals surface area contributed by atoms with Crippen molar-refractivity contribution in [3.05, 3.63) is 0 Å². The topological polar surface area (TPSA) is 56.2 Å². The fraction of sp³-hybridized carbons (Fsp3) is 0.818. The maximum Gasteiger partial charge on any atom is 0.323 e. The Morgan fingerprint density at radius 1 is 1.53 bits per heavy atom. The van der Waals surface area contributed by atoms with Crippen LogP contribution in [-0.2, 0) is 0 Å². The lowest BCUT2D eigenvalue weighted by atomic mass is 9.67. The second kappa shape index (κ2) is 3.22. The molecular formula is C11H19N3O. The van der Waals surface area contributed by atoms with Gasteiger partial charge in [-0.15, -0.1) is 0 Å². The number of likely N-dealkylation sites (N-methyl/N-ethyl adjacent to an activating group) is 1. The van der Waals surface area contributed by atoms with Crippen LogP contribution >= 0.6 is 0 Å². The van der Waals surface area contributed by atoms with Gasteiger partial charge in [0.15, 0.2) is 0 Å². The van der Waals surface area contributed by atoms with Gasteiger partial charge in [0.25, 0.3) is 0 Å². The van der Waals surface area contributed by atoms with Gasteiger partial charge in [-0.1, -0.05) is 26.7 Å². The van der Waals surface area contributed by atoms with Crippen LogP contribution in [0.25, 0.3) is 0 Å². The molecule has 2 aliphatic rings. The highest BCUT2D eigenvalue weighted by Crippen LogP contribution is 2.43. The average molecular weight is 209 g/mol. The third kappa shape index (κ3) is 1.20. The number of urea groups is 1. The summed E-state index contributed by atoms with van der Waals surface area (Å²) in [6.45, 7) is 4.38. The highest BCUT2D eigenvalue weighted by Gasteiger charge is 2.54. The van der Waals surface area contributed by atoms with Crippen molar-refractivity contribution in [2.75, 3.05) is 7.05 Å². The van der Waals surface area contributed by atoms with Gasteiger partial charge in [0.2, 0.25) is 0 Å². The number of amides is 2. The lowest BCUT2D eigenvalue weighted by Crippen LogP contribution is -2.56. The van der Waals surface area contributed by atoms with Crippen molar-refractivity contribution in [2.24, 2.45) is 11.8 Å². The van der Waals surface area contributed by atoms with E-state index < -0.39 is 0 Å². The maximum absolute atomic E-state index is 11.6. The fourth-order valence-corrected chi connectivity index (χ4v) is 3.12. The first-order chi connectivity index (χ1) is 7.00. The third-order valence-electron chi connectivity index (χ3n) is 4.39. The van der Waals surface area contributed by atoms with E-state index in [2.05, 4.69) is 19.2 Å². The van der Waals surface area contributed by atoms with E-state index in [1.54, 1.807) is 4.90 Å². The first kappa shape index (κ1) is 10.5. The van der Waals surface area contributed by atoms with Gasteiger partial charge in [0.05, 0.1) is 0 Å². The minimum Gasteiger partial charge on any atom is -0.314 e.